The van der Waals surface area contributed by atoms with E-state index < -0.39 is 30.1 Å². The average molecular weight is 227 g/mol. The lowest BCUT2D eigenvalue weighted by Gasteiger charge is -2.07. The maximum Gasteiger partial charge on any atom is 0.309 e. The van der Waals surface area contributed by atoms with Crippen molar-refractivity contribution in [3.63, 3.8) is 0 Å². The molecule has 0 aliphatic rings. The number of nitrogens with zero attached hydrogens (tertiary/aromatic N) is 2. The van der Waals surface area contributed by atoms with Gasteiger partial charge in [0.05, 0.1) is 17.8 Å². The van der Waals surface area contributed by atoms with Gasteiger partial charge in [-0.25, -0.2) is 13.8 Å². The third-order valence-corrected chi connectivity index (χ3v) is 1.78. The summed E-state index contributed by atoms with van der Waals surface area (Å²) >= 11 is 0. The molecule has 0 fully saturated rings. The van der Waals surface area contributed by atoms with Gasteiger partial charge in [0.2, 0.25) is 0 Å². The normalized spacial score (nSPS) is 10.1. The number of pyridine rings is 1. The molecule has 0 radical (unpaired) electrons. The Hall–Kier alpha value is -2.23. The second kappa shape index (κ2) is 4.53. The zero-order valence-corrected chi connectivity index (χ0v) is 7.94. The molecule has 5 nitrogen and oxygen atoms in total. The molecular formula is C9H7F2N3O2. The van der Waals surface area contributed by atoms with Gasteiger partial charge in [-0.2, -0.15) is 5.26 Å². The van der Waals surface area contributed by atoms with Crippen LogP contribution in [0.1, 0.15) is 23.4 Å². The summed E-state index contributed by atoms with van der Waals surface area (Å²) in [7, 11) is 0. The molecule has 0 bridgehead atoms. The molecule has 0 unspecified atom stereocenters. The highest BCUT2D eigenvalue weighted by Crippen LogP contribution is 2.25. The molecule has 84 valence electrons. The highest BCUT2D eigenvalue weighted by molar-refractivity contribution is 5.70. The van der Waals surface area contributed by atoms with Gasteiger partial charge in [0.1, 0.15) is 17.3 Å². The molecule has 1 rings (SSSR count). The van der Waals surface area contributed by atoms with Crippen LogP contribution in [0.4, 0.5) is 14.5 Å². The molecule has 1 aromatic rings. The van der Waals surface area contributed by atoms with Crippen LogP contribution in [-0.2, 0) is 11.2 Å². The van der Waals surface area contributed by atoms with E-state index in [0.29, 0.717) is 0 Å². The average Bonchev–Trinajstić information content (AvgIpc) is 2.15. The molecule has 0 aliphatic heterocycles. The van der Waals surface area contributed by atoms with Crippen LogP contribution in [-0.4, -0.2) is 16.1 Å². The van der Waals surface area contributed by atoms with Crippen molar-refractivity contribution in [3.8, 4) is 6.07 Å². The molecule has 0 saturated carbocycles. The molecule has 0 saturated heterocycles. The highest BCUT2D eigenvalue weighted by atomic mass is 19.3. The fourth-order valence-corrected chi connectivity index (χ4v) is 1.17. The molecule has 7 heteroatoms. The van der Waals surface area contributed by atoms with E-state index in [1.54, 1.807) is 0 Å². The first-order valence-electron chi connectivity index (χ1n) is 4.15. The zero-order valence-electron chi connectivity index (χ0n) is 7.94. The van der Waals surface area contributed by atoms with Crippen molar-refractivity contribution in [3.05, 3.63) is 23.0 Å². The third-order valence-electron chi connectivity index (χ3n) is 1.78. The topological polar surface area (TPSA) is 100 Å². The number of aromatic nitrogens is 1. The lowest BCUT2D eigenvalue weighted by molar-refractivity contribution is -0.136. The molecule has 0 amide bonds. The molecular weight excluding hydrogens is 220 g/mol. The van der Waals surface area contributed by atoms with E-state index in [2.05, 4.69) is 4.98 Å². The lowest BCUT2D eigenvalue weighted by Crippen LogP contribution is -2.08. The summed E-state index contributed by atoms with van der Waals surface area (Å²) < 4.78 is 25.0. The van der Waals surface area contributed by atoms with Gasteiger partial charge in [-0.1, -0.05) is 0 Å². The number of halogens is 2. The van der Waals surface area contributed by atoms with E-state index >= 15 is 0 Å². The van der Waals surface area contributed by atoms with Crippen molar-refractivity contribution >= 4 is 11.7 Å². The van der Waals surface area contributed by atoms with Crippen LogP contribution < -0.4 is 5.73 Å². The summed E-state index contributed by atoms with van der Waals surface area (Å²) in [4.78, 5) is 13.8. The van der Waals surface area contributed by atoms with Crippen LogP contribution in [0.5, 0.6) is 0 Å². The number of nitrogens with two attached hydrogens (primary N) is 1. The number of hydrogen-bond donors (Lipinski definition) is 2. The van der Waals surface area contributed by atoms with Gasteiger partial charge in [-0.15, -0.1) is 0 Å². The van der Waals surface area contributed by atoms with E-state index in [1.165, 1.54) is 6.07 Å². The molecule has 1 heterocycles. The maximum atomic E-state index is 12.5. The standard InChI is InChI=1S/C9H7F2N3O2/c10-9(11)8-5(3-12)6(13)1-4(14-8)2-7(15)16/h1,9H,2H2,(H2,13,14)(H,15,16). The summed E-state index contributed by atoms with van der Waals surface area (Å²) in [6.45, 7) is 0. The SMILES string of the molecule is N#Cc1c(N)cc(CC(=O)O)nc1C(F)F. The predicted molar refractivity (Wildman–Crippen MR) is 49.7 cm³/mol. The van der Waals surface area contributed by atoms with Gasteiger partial charge < -0.3 is 10.8 Å². The number of carboxylic acids is 1. The minimum Gasteiger partial charge on any atom is -0.481 e. The van der Waals surface area contributed by atoms with Gasteiger partial charge >= 0.3 is 5.97 Å². The fraction of sp³-hybridized carbons (Fsp3) is 0.222. The van der Waals surface area contributed by atoms with Crippen LogP contribution in [0.25, 0.3) is 0 Å². The largest absolute Gasteiger partial charge is 0.481 e. The quantitative estimate of drug-likeness (QED) is 0.805. The van der Waals surface area contributed by atoms with Gasteiger partial charge in [0.15, 0.2) is 0 Å². The highest BCUT2D eigenvalue weighted by Gasteiger charge is 2.19. The van der Waals surface area contributed by atoms with E-state index in [1.807, 2.05) is 0 Å². The molecule has 3 N–H and O–H groups in total. The maximum absolute atomic E-state index is 12.5. The van der Waals surface area contributed by atoms with Crippen molar-refractivity contribution in [1.82, 2.24) is 4.98 Å². The van der Waals surface area contributed by atoms with Crippen molar-refractivity contribution < 1.29 is 18.7 Å². The molecule has 0 aliphatic carbocycles. The second-order valence-corrected chi connectivity index (χ2v) is 2.95. The molecule has 1 aromatic heterocycles. The van der Waals surface area contributed by atoms with Crippen molar-refractivity contribution in [2.45, 2.75) is 12.8 Å². The minimum atomic E-state index is -2.97. The summed E-state index contributed by atoms with van der Waals surface area (Å²) in [6.07, 6.45) is -3.49. The monoisotopic (exact) mass is 227 g/mol. The van der Waals surface area contributed by atoms with E-state index in [-0.39, 0.29) is 11.4 Å². The van der Waals surface area contributed by atoms with Gasteiger partial charge in [0, 0.05) is 0 Å². The van der Waals surface area contributed by atoms with Crippen LogP contribution in [0, 0.1) is 11.3 Å². The van der Waals surface area contributed by atoms with Crippen LogP contribution in [0.15, 0.2) is 6.07 Å². The van der Waals surface area contributed by atoms with E-state index in [9.17, 15) is 13.6 Å². The van der Waals surface area contributed by atoms with Gasteiger partial charge in [-0.05, 0) is 6.07 Å². The Morgan fingerprint density at radius 1 is 1.69 bits per heavy atom. The van der Waals surface area contributed by atoms with E-state index in [0.717, 1.165) is 6.07 Å². The zero-order chi connectivity index (χ0) is 12.3. The number of rotatable bonds is 3. The Bertz CT molecular complexity index is 469. The number of anilines is 1. The Morgan fingerprint density at radius 2 is 2.31 bits per heavy atom. The molecule has 0 aromatic carbocycles. The van der Waals surface area contributed by atoms with Crippen molar-refractivity contribution in [2.75, 3.05) is 5.73 Å². The lowest BCUT2D eigenvalue weighted by atomic mass is 10.1. The molecule has 0 atom stereocenters. The Labute approximate surface area is 89.1 Å². The smallest absolute Gasteiger partial charge is 0.309 e. The fourth-order valence-electron chi connectivity index (χ4n) is 1.17. The summed E-state index contributed by atoms with van der Waals surface area (Å²) in [5, 5.41) is 17.1. The Kier molecular flexibility index (Phi) is 3.35. The number of nitriles is 1. The summed E-state index contributed by atoms with van der Waals surface area (Å²) in [5.41, 5.74) is 3.88. The number of alkyl halides is 2. The number of carbonyl (C=O) groups is 1. The predicted octanol–water partition coefficient (Wildman–Crippen LogP) is 1.10. The Morgan fingerprint density at radius 3 is 2.75 bits per heavy atom. The number of aliphatic carboxylic acids is 1. The van der Waals surface area contributed by atoms with Crippen LogP contribution in [0.2, 0.25) is 0 Å². The number of carboxylic acid groups (broad SMARTS) is 1. The van der Waals surface area contributed by atoms with Crippen molar-refractivity contribution in [2.24, 2.45) is 0 Å². The first kappa shape index (κ1) is 11.8. The van der Waals surface area contributed by atoms with Crippen molar-refractivity contribution in [1.29, 1.82) is 5.26 Å². The van der Waals surface area contributed by atoms with Gasteiger partial charge in [-0.3, -0.25) is 4.79 Å². The molecule has 16 heavy (non-hydrogen) atoms. The molecule has 0 spiro atoms. The Balaban J connectivity index is 3.29. The first-order chi connectivity index (χ1) is 7.45. The number of hydrogen-bond acceptors (Lipinski definition) is 4. The first-order valence-corrected chi connectivity index (χ1v) is 4.15. The number of nitrogen functional groups attached to an aromatic ring is 1. The summed E-state index contributed by atoms with van der Waals surface area (Å²) in [5.74, 6) is -1.21. The van der Waals surface area contributed by atoms with Crippen LogP contribution in [0.3, 0.4) is 0 Å². The second-order valence-electron chi connectivity index (χ2n) is 2.95. The van der Waals surface area contributed by atoms with Crippen LogP contribution >= 0.6 is 0 Å². The minimum absolute atomic E-state index is 0.0979. The third kappa shape index (κ3) is 2.42. The van der Waals surface area contributed by atoms with Gasteiger partial charge in [0.25, 0.3) is 6.43 Å². The van der Waals surface area contributed by atoms with E-state index in [4.69, 9.17) is 16.1 Å². The summed E-state index contributed by atoms with van der Waals surface area (Å²) in [6, 6.07) is 2.62.